The van der Waals surface area contributed by atoms with Crippen molar-refractivity contribution in [1.29, 1.82) is 0 Å². The largest absolute Gasteiger partial charge is 0.497 e. The maximum atomic E-state index is 12.3. The molecule has 24 heavy (non-hydrogen) atoms. The lowest BCUT2D eigenvalue weighted by Crippen LogP contribution is -2.43. The molecule has 0 spiro atoms. The lowest BCUT2D eigenvalue weighted by atomic mass is 10.1. The molecule has 5 heteroatoms. The van der Waals surface area contributed by atoms with Gasteiger partial charge in [0.2, 0.25) is 11.8 Å². The van der Waals surface area contributed by atoms with E-state index in [0.717, 1.165) is 11.3 Å². The molecule has 2 N–H and O–H groups in total. The first kappa shape index (κ1) is 18.0. The predicted molar refractivity (Wildman–Crippen MR) is 93.2 cm³/mol. The van der Waals surface area contributed by atoms with Crippen molar-refractivity contribution in [2.45, 2.75) is 34.1 Å². The number of hydrazine groups is 1. The van der Waals surface area contributed by atoms with Crippen LogP contribution in [0.25, 0.3) is 0 Å². The molecule has 1 aliphatic rings. The van der Waals surface area contributed by atoms with Gasteiger partial charge in [-0.25, -0.2) is 0 Å². The molecule has 2 atom stereocenters. The van der Waals surface area contributed by atoms with E-state index >= 15 is 0 Å². The molecule has 0 bridgehead atoms. The van der Waals surface area contributed by atoms with Crippen LogP contribution in [0.15, 0.2) is 35.9 Å². The topological polar surface area (TPSA) is 67.4 Å². The predicted octanol–water partition coefficient (Wildman–Crippen LogP) is 2.62. The number of hydrogen-bond acceptors (Lipinski definition) is 3. The van der Waals surface area contributed by atoms with Crippen LogP contribution in [0.2, 0.25) is 0 Å². The Bertz CT molecular complexity index is 643. The van der Waals surface area contributed by atoms with Crippen molar-refractivity contribution in [2.75, 3.05) is 7.11 Å². The van der Waals surface area contributed by atoms with Crippen molar-refractivity contribution >= 4 is 11.8 Å². The van der Waals surface area contributed by atoms with Gasteiger partial charge in [0.05, 0.1) is 19.4 Å². The van der Waals surface area contributed by atoms with Gasteiger partial charge >= 0.3 is 0 Å². The Hall–Kier alpha value is -2.30. The van der Waals surface area contributed by atoms with E-state index in [0.29, 0.717) is 0 Å². The van der Waals surface area contributed by atoms with Gasteiger partial charge in [0.15, 0.2) is 0 Å². The Labute approximate surface area is 143 Å². The van der Waals surface area contributed by atoms with Crippen LogP contribution in [0, 0.1) is 17.3 Å². The van der Waals surface area contributed by atoms with Crippen molar-refractivity contribution in [3.05, 3.63) is 41.5 Å². The number of carbonyl (C=O) groups is 2. The summed E-state index contributed by atoms with van der Waals surface area (Å²) in [6.45, 7) is 8.20. The highest BCUT2D eigenvalue weighted by molar-refractivity contribution is 5.87. The number of ether oxygens (including phenoxy) is 1. The molecule has 1 saturated carbocycles. The fourth-order valence-electron chi connectivity index (χ4n) is 3.03. The first-order chi connectivity index (χ1) is 11.3. The van der Waals surface area contributed by atoms with Crippen LogP contribution in [-0.2, 0) is 16.0 Å². The minimum atomic E-state index is -0.245. The number of amides is 2. The average molecular weight is 330 g/mol. The molecule has 0 aliphatic heterocycles. The highest BCUT2D eigenvalue weighted by Gasteiger charge is 2.60. The summed E-state index contributed by atoms with van der Waals surface area (Å²) in [6, 6.07) is 7.26. The van der Waals surface area contributed by atoms with Gasteiger partial charge in [0, 0.05) is 0 Å². The summed E-state index contributed by atoms with van der Waals surface area (Å²) in [7, 11) is 1.60. The average Bonchev–Trinajstić information content (AvgIpc) is 3.05. The normalized spacial score (nSPS) is 20.7. The summed E-state index contributed by atoms with van der Waals surface area (Å²) in [5, 5.41) is 0. The van der Waals surface area contributed by atoms with Crippen molar-refractivity contribution in [3.63, 3.8) is 0 Å². The van der Waals surface area contributed by atoms with Crippen LogP contribution in [-0.4, -0.2) is 18.9 Å². The van der Waals surface area contributed by atoms with Crippen LogP contribution in [0.5, 0.6) is 5.75 Å². The van der Waals surface area contributed by atoms with Gasteiger partial charge < -0.3 is 4.74 Å². The first-order valence-corrected chi connectivity index (χ1v) is 8.12. The molecule has 1 aromatic rings. The van der Waals surface area contributed by atoms with E-state index in [1.165, 1.54) is 5.57 Å². The Morgan fingerprint density at radius 3 is 2.33 bits per heavy atom. The third kappa shape index (κ3) is 4.16. The minimum Gasteiger partial charge on any atom is -0.497 e. The number of carbonyl (C=O) groups excluding carboxylic acids is 2. The van der Waals surface area contributed by atoms with E-state index in [1.54, 1.807) is 19.2 Å². The smallest absolute Gasteiger partial charge is 0.242 e. The van der Waals surface area contributed by atoms with E-state index in [-0.39, 0.29) is 35.5 Å². The molecule has 2 rings (SSSR count). The number of benzene rings is 1. The number of methoxy groups -OCH3 is 1. The second kappa shape index (κ2) is 7.07. The summed E-state index contributed by atoms with van der Waals surface area (Å²) in [5.41, 5.74) is 7.05. The molecule has 0 radical (unpaired) electrons. The zero-order valence-corrected chi connectivity index (χ0v) is 15.0. The van der Waals surface area contributed by atoms with Gasteiger partial charge in [-0.2, -0.15) is 0 Å². The van der Waals surface area contributed by atoms with Crippen molar-refractivity contribution < 1.29 is 14.3 Å². The number of nitrogens with one attached hydrogen (secondary N) is 2. The van der Waals surface area contributed by atoms with Crippen molar-refractivity contribution in [3.8, 4) is 5.75 Å². The van der Waals surface area contributed by atoms with Crippen LogP contribution in [0.1, 0.15) is 33.3 Å². The summed E-state index contributed by atoms with van der Waals surface area (Å²) >= 11 is 0. The minimum absolute atomic E-state index is 0.0674. The molecular formula is C19H26N2O3. The highest BCUT2D eigenvalue weighted by atomic mass is 16.5. The van der Waals surface area contributed by atoms with Crippen LogP contribution >= 0.6 is 0 Å². The SMILES string of the molecule is COc1ccc(CC(=O)NNC(=O)C2C(C=C(C)C)C2(C)C)cc1. The van der Waals surface area contributed by atoms with E-state index in [1.807, 2.05) is 26.0 Å². The molecule has 1 fully saturated rings. The van der Waals surface area contributed by atoms with E-state index in [4.69, 9.17) is 4.74 Å². The third-order valence-electron chi connectivity index (χ3n) is 4.55. The van der Waals surface area contributed by atoms with E-state index in [9.17, 15) is 9.59 Å². The molecule has 2 amide bonds. The summed E-state index contributed by atoms with van der Waals surface area (Å²) in [4.78, 5) is 24.2. The first-order valence-electron chi connectivity index (χ1n) is 8.12. The van der Waals surface area contributed by atoms with Crippen molar-refractivity contribution in [2.24, 2.45) is 17.3 Å². The Morgan fingerprint density at radius 2 is 1.79 bits per heavy atom. The third-order valence-corrected chi connectivity index (χ3v) is 4.55. The van der Waals surface area contributed by atoms with E-state index < -0.39 is 0 Å². The molecule has 0 aromatic heterocycles. The quantitative estimate of drug-likeness (QED) is 0.644. The molecular weight excluding hydrogens is 304 g/mol. The zero-order chi connectivity index (χ0) is 17.9. The second-order valence-electron chi connectivity index (χ2n) is 7.13. The Balaban J connectivity index is 1.83. The molecule has 5 nitrogen and oxygen atoms in total. The van der Waals surface area contributed by atoms with Gasteiger partial charge in [-0.3, -0.25) is 20.4 Å². The van der Waals surface area contributed by atoms with Gasteiger partial charge in [-0.15, -0.1) is 0 Å². The standard InChI is InChI=1S/C19H26N2O3/c1-12(2)10-15-17(19(15,3)4)18(23)21-20-16(22)11-13-6-8-14(24-5)9-7-13/h6-10,15,17H,11H2,1-5H3,(H,20,22)(H,21,23). The van der Waals surface area contributed by atoms with E-state index in [2.05, 4.69) is 30.8 Å². The summed E-state index contributed by atoms with van der Waals surface area (Å²) in [5.74, 6) is 0.486. The molecule has 130 valence electrons. The fourth-order valence-corrected chi connectivity index (χ4v) is 3.03. The van der Waals surface area contributed by atoms with Crippen LogP contribution in [0.3, 0.4) is 0 Å². The molecule has 0 heterocycles. The Morgan fingerprint density at radius 1 is 1.17 bits per heavy atom. The second-order valence-corrected chi connectivity index (χ2v) is 7.13. The number of rotatable bonds is 5. The molecule has 1 aromatic carbocycles. The van der Waals surface area contributed by atoms with Gasteiger partial charge in [-0.05, 0) is 42.9 Å². The fraction of sp³-hybridized carbons (Fsp3) is 0.474. The monoisotopic (exact) mass is 330 g/mol. The maximum Gasteiger partial charge on any atom is 0.242 e. The molecule has 1 aliphatic carbocycles. The van der Waals surface area contributed by atoms with Crippen LogP contribution < -0.4 is 15.6 Å². The highest BCUT2D eigenvalue weighted by Crippen LogP contribution is 2.59. The van der Waals surface area contributed by atoms with Crippen LogP contribution in [0.4, 0.5) is 0 Å². The Kier molecular flexibility index (Phi) is 5.32. The lowest BCUT2D eigenvalue weighted by Gasteiger charge is -2.08. The zero-order valence-electron chi connectivity index (χ0n) is 15.0. The maximum absolute atomic E-state index is 12.3. The number of hydrogen-bond donors (Lipinski definition) is 2. The van der Waals surface area contributed by atoms with Gasteiger partial charge in [0.1, 0.15) is 5.75 Å². The van der Waals surface area contributed by atoms with Crippen molar-refractivity contribution in [1.82, 2.24) is 10.9 Å². The lowest BCUT2D eigenvalue weighted by molar-refractivity contribution is -0.129. The summed E-state index contributed by atoms with van der Waals surface area (Å²) < 4.78 is 5.08. The van der Waals surface area contributed by atoms with Gasteiger partial charge in [-0.1, -0.05) is 37.6 Å². The molecule has 0 saturated heterocycles. The number of allylic oxidation sites excluding steroid dienone is 2. The summed E-state index contributed by atoms with van der Waals surface area (Å²) in [6.07, 6.45) is 2.33. The van der Waals surface area contributed by atoms with Gasteiger partial charge in [0.25, 0.3) is 0 Å². The molecule has 2 unspecified atom stereocenters.